The average molecular weight is 409 g/mol. The molecule has 0 spiro atoms. The zero-order valence-electron chi connectivity index (χ0n) is 18.2. The standard InChI is InChI=1S/C21H22N4OS.C2H6/c1-11-6-8-16(9-7-11)19-18-13(3)14(4)27-21(18)25-15(5)23-24-20(25)17(22-19)10-12(2)26;1-2/h6-9,17H,10H2,1-5H3;1-2H3/t17-;/m0./s1. The number of aryl methyl sites for hydroxylation is 3. The Labute approximate surface area is 176 Å². The third-order valence-electron chi connectivity index (χ3n) is 5.05. The van der Waals surface area contributed by atoms with Crippen molar-refractivity contribution in [1.82, 2.24) is 14.8 Å². The Bertz CT molecular complexity index is 1070. The van der Waals surface area contributed by atoms with E-state index in [1.165, 1.54) is 16.0 Å². The molecule has 1 aromatic carbocycles. The minimum absolute atomic E-state index is 0.0948. The molecule has 0 saturated heterocycles. The molecule has 3 aromatic rings. The first-order valence-corrected chi connectivity index (χ1v) is 10.9. The Morgan fingerprint density at radius 2 is 1.72 bits per heavy atom. The van der Waals surface area contributed by atoms with Crippen molar-refractivity contribution in [2.24, 2.45) is 4.99 Å². The molecule has 0 unspecified atom stereocenters. The number of Topliss-reactive ketones (excluding diaryl/α,β-unsaturated/α-hetero) is 1. The first-order chi connectivity index (χ1) is 13.9. The molecule has 0 aliphatic carbocycles. The van der Waals surface area contributed by atoms with E-state index in [4.69, 9.17) is 4.99 Å². The zero-order chi connectivity index (χ0) is 21.3. The number of hydrogen-bond acceptors (Lipinski definition) is 5. The predicted molar refractivity (Wildman–Crippen MR) is 120 cm³/mol. The molecule has 1 aliphatic rings. The van der Waals surface area contributed by atoms with Crippen molar-refractivity contribution in [3.05, 3.63) is 63.0 Å². The van der Waals surface area contributed by atoms with E-state index < -0.39 is 0 Å². The Morgan fingerprint density at radius 3 is 2.34 bits per heavy atom. The number of carbonyl (C=O) groups is 1. The van der Waals surface area contributed by atoms with E-state index in [-0.39, 0.29) is 11.8 Å². The highest BCUT2D eigenvalue weighted by Crippen LogP contribution is 2.39. The summed E-state index contributed by atoms with van der Waals surface area (Å²) < 4.78 is 2.08. The molecule has 152 valence electrons. The second-order valence-electron chi connectivity index (χ2n) is 7.17. The van der Waals surface area contributed by atoms with E-state index in [0.717, 1.165) is 33.5 Å². The molecule has 6 heteroatoms. The molecule has 0 N–H and O–H groups in total. The minimum atomic E-state index is -0.334. The Morgan fingerprint density at radius 1 is 1.07 bits per heavy atom. The highest BCUT2D eigenvalue weighted by Gasteiger charge is 2.31. The zero-order valence-corrected chi connectivity index (χ0v) is 19.0. The van der Waals surface area contributed by atoms with Crippen LogP contribution in [0.5, 0.6) is 0 Å². The van der Waals surface area contributed by atoms with Gasteiger partial charge in [0.25, 0.3) is 0 Å². The maximum absolute atomic E-state index is 11.9. The molecule has 0 bridgehead atoms. The lowest BCUT2D eigenvalue weighted by atomic mass is 9.99. The third-order valence-corrected chi connectivity index (χ3v) is 6.24. The second kappa shape index (κ2) is 8.41. The molecule has 0 saturated carbocycles. The Balaban J connectivity index is 0.00000117. The minimum Gasteiger partial charge on any atom is -0.300 e. The number of ketones is 1. The van der Waals surface area contributed by atoms with Gasteiger partial charge in [-0.1, -0.05) is 43.7 Å². The number of hydrogen-bond donors (Lipinski definition) is 0. The van der Waals surface area contributed by atoms with Gasteiger partial charge in [-0.3, -0.25) is 14.4 Å². The first-order valence-electron chi connectivity index (χ1n) is 10.0. The summed E-state index contributed by atoms with van der Waals surface area (Å²) in [6, 6.07) is 8.08. The molecule has 1 aliphatic heterocycles. The maximum atomic E-state index is 11.9. The number of fused-ring (bicyclic) bond motifs is 3. The SMILES string of the molecule is CC.CC(=O)C[C@@H]1N=C(c2ccc(C)cc2)c2c(sc(C)c2C)-n2c(C)nnc21. The van der Waals surface area contributed by atoms with Crippen LogP contribution in [0.3, 0.4) is 0 Å². The van der Waals surface area contributed by atoms with Gasteiger partial charge in [-0.05, 0) is 40.2 Å². The van der Waals surface area contributed by atoms with Crippen molar-refractivity contribution >= 4 is 22.8 Å². The smallest absolute Gasteiger partial charge is 0.163 e. The molecule has 0 radical (unpaired) electrons. The molecule has 3 heterocycles. The van der Waals surface area contributed by atoms with Crippen molar-refractivity contribution in [1.29, 1.82) is 0 Å². The lowest BCUT2D eigenvalue weighted by Gasteiger charge is -2.11. The summed E-state index contributed by atoms with van der Waals surface area (Å²) in [5.41, 5.74) is 5.55. The average Bonchev–Trinajstić information content (AvgIpc) is 3.16. The predicted octanol–water partition coefficient (Wildman–Crippen LogP) is 5.46. The lowest BCUT2D eigenvalue weighted by molar-refractivity contribution is -0.117. The highest BCUT2D eigenvalue weighted by atomic mass is 32.1. The number of thiophene rings is 1. The summed E-state index contributed by atoms with van der Waals surface area (Å²) in [6.45, 7) is 13.9. The van der Waals surface area contributed by atoms with Crippen LogP contribution in [0, 0.1) is 27.7 Å². The lowest BCUT2D eigenvalue weighted by Crippen LogP contribution is -2.09. The topological polar surface area (TPSA) is 60.1 Å². The van der Waals surface area contributed by atoms with Gasteiger partial charge in [0.15, 0.2) is 5.82 Å². The molecule has 1 atom stereocenters. The number of carbonyl (C=O) groups excluding carboxylic acids is 1. The van der Waals surface area contributed by atoms with Gasteiger partial charge < -0.3 is 0 Å². The summed E-state index contributed by atoms with van der Waals surface area (Å²) >= 11 is 1.73. The van der Waals surface area contributed by atoms with Crippen molar-refractivity contribution in [3.63, 3.8) is 0 Å². The normalized spacial score (nSPS) is 14.9. The van der Waals surface area contributed by atoms with E-state index in [1.54, 1.807) is 18.3 Å². The maximum Gasteiger partial charge on any atom is 0.163 e. The molecule has 29 heavy (non-hydrogen) atoms. The first kappa shape index (κ1) is 21.1. The number of benzene rings is 1. The third kappa shape index (κ3) is 3.81. The van der Waals surface area contributed by atoms with Crippen LogP contribution < -0.4 is 0 Å². The number of nitrogens with zero attached hydrogens (tertiary/aromatic N) is 4. The Hall–Kier alpha value is -2.60. The molecule has 5 nitrogen and oxygen atoms in total. The molecule has 0 fully saturated rings. The number of rotatable bonds is 3. The summed E-state index contributed by atoms with van der Waals surface area (Å²) in [6.07, 6.45) is 0.320. The van der Waals surface area contributed by atoms with Gasteiger partial charge >= 0.3 is 0 Å². The van der Waals surface area contributed by atoms with Gasteiger partial charge in [0, 0.05) is 22.4 Å². The van der Waals surface area contributed by atoms with Crippen molar-refractivity contribution < 1.29 is 4.79 Å². The molecule has 4 rings (SSSR count). The molecule has 2 aromatic heterocycles. The van der Waals surface area contributed by atoms with Crippen molar-refractivity contribution in [2.75, 3.05) is 0 Å². The second-order valence-corrected chi connectivity index (χ2v) is 8.37. The van der Waals surface area contributed by atoms with Crippen LogP contribution in [0.4, 0.5) is 0 Å². The van der Waals surface area contributed by atoms with E-state index in [2.05, 4.69) is 59.8 Å². The molecular weight excluding hydrogens is 380 g/mol. The van der Waals surface area contributed by atoms with Crippen LogP contribution in [0.15, 0.2) is 29.3 Å². The van der Waals surface area contributed by atoms with Gasteiger partial charge in [-0.2, -0.15) is 0 Å². The van der Waals surface area contributed by atoms with Crippen LogP contribution in [0.1, 0.15) is 72.0 Å². The summed E-state index contributed by atoms with van der Waals surface area (Å²) in [4.78, 5) is 18.3. The van der Waals surface area contributed by atoms with Crippen molar-refractivity contribution in [3.8, 4) is 5.00 Å². The summed E-state index contributed by atoms with van der Waals surface area (Å²) in [5.74, 6) is 1.66. The van der Waals surface area contributed by atoms with Crippen LogP contribution in [0.25, 0.3) is 5.00 Å². The fraction of sp³-hybridized carbons (Fsp3) is 0.391. The summed E-state index contributed by atoms with van der Waals surface area (Å²) in [5, 5.41) is 9.77. The van der Waals surface area contributed by atoms with Gasteiger partial charge in [-0.15, -0.1) is 21.5 Å². The van der Waals surface area contributed by atoms with Gasteiger partial charge in [-0.25, -0.2) is 0 Å². The fourth-order valence-electron chi connectivity index (χ4n) is 3.51. The van der Waals surface area contributed by atoms with Crippen LogP contribution in [0.2, 0.25) is 0 Å². The highest BCUT2D eigenvalue weighted by molar-refractivity contribution is 7.15. The molecular formula is C23H28N4OS. The summed E-state index contributed by atoms with van der Waals surface area (Å²) in [7, 11) is 0. The van der Waals surface area contributed by atoms with E-state index in [0.29, 0.717) is 6.42 Å². The quantitative estimate of drug-likeness (QED) is 0.578. The fourth-order valence-corrected chi connectivity index (χ4v) is 4.72. The van der Waals surface area contributed by atoms with Crippen LogP contribution >= 0.6 is 11.3 Å². The largest absolute Gasteiger partial charge is 0.300 e. The van der Waals surface area contributed by atoms with E-state index in [1.807, 2.05) is 20.8 Å². The van der Waals surface area contributed by atoms with E-state index in [9.17, 15) is 4.79 Å². The number of aliphatic imine (C=N–C) groups is 1. The molecule has 0 amide bonds. The van der Waals surface area contributed by atoms with Gasteiger partial charge in [0.1, 0.15) is 22.7 Å². The number of aromatic nitrogens is 3. The monoisotopic (exact) mass is 408 g/mol. The van der Waals surface area contributed by atoms with Gasteiger partial charge in [0.2, 0.25) is 0 Å². The van der Waals surface area contributed by atoms with Crippen molar-refractivity contribution in [2.45, 2.75) is 60.9 Å². The Kier molecular flexibility index (Phi) is 6.13. The van der Waals surface area contributed by atoms with Crippen LogP contribution in [-0.2, 0) is 4.79 Å². The van der Waals surface area contributed by atoms with Crippen LogP contribution in [-0.4, -0.2) is 26.3 Å². The van der Waals surface area contributed by atoms with E-state index >= 15 is 0 Å². The van der Waals surface area contributed by atoms with Gasteiger partial charge in [0.05, 0.1) is 5.71 Å².